The molecule has 0 aliphatic carbocycles. The number of para-hydroxylation sites is 1. The Morgan fingerprint density at radius 1 is 1.12 bits per heavy atom. The molecule has 0 aliphatic rings. The summed E-state index contributed by atoms with van der Waals surface area (Å²) in [6, 6.07) is 17.2. The minimum Gasteiger partial charge on any atom is -0.396 e. The zero-order valence-corrected chi connectivity index (χ0v) is 13.3. The van der Waals surface area contributed by atoms with Gasteiger partial charge in [-0.25, -0.2) is 0 Å². The Labute approximate surface area is 140 Å². The van der Waals surface area contributed by atoms with E-state index in [1.165, 1.54) is 0 Å². The number of aliphatic hydroxyl groups excluding tert-OH is 1. The van der Waals surface area contributed by atoms with Crippen LogP contribution in [0.25, 0.3) is 11.0 Å². The van der Waals surface area contributed by atoms with Crippen molar-refractivity contribution in [3.05, 3.63) is 65.9 Å². The smallest absolute Gasteiger partial charge is 0.226 e. The van der Waals surface area contributed by atoms with Crippen molar-refractivity contribution in [1.82, 2.24) is 10.5 Å². The fourth-order valence-corrected chi connectivity index (χ4v) is 2.77. The van der Waals surface area contributed by atoms with Gasteiger partial charge in [0.2, 0.25) is 5.91 Å². The summed E-state index contributed by atoms with van der Waals surface area (Å²) >= 11 is 0. The summed E-state index contributed by atoms with van der Waals surface area (Å²) in [6.07, 6.45) is 1.48. The van der Waals surface area contributed by atoms with Crippen molar-refractivity contribution < 1.29 is 14.4 Å². The molecule has 5 nitrogen and oxygen atoms in total. The van der Waals surface area contributed by atoms with Gasteiger partial charge in [-0.3, -0.25) is 4.79 Å². The molecule has 3 aromatic rings. The molecule has 0 bridgehead atoms. The Morgan fingerprint density at radius 2 is 1.88 bits per heavy atom. The highest BCUT2D eigenvalue weighted by Gasteiger charge is 2.17. The molecule has 0 radical (unpaired) electrons. The number of aliphatic hydroxyl groups is 1. The summed E-state index contributed by atoms with van der Waals surface area (Å²) in [6.45, 7) is 0.104. The van der Waals surface area contributed by atoms with Crippen LogP contribution in [-0.4, -0.2) is 22.8 Å². The Morgan fingerprint density at radius 3 is 2.67 bits per heavy atom. The van der Waals surface area contributed by atoms with Gasteiger partial charge in [-0.15, -0.1) is 0 Å². The van der Waals surface area contributed by atoms with Gasteiger partial charge in [-0.05, 0) is 30.5 Å². The van der Waals surface area contributed by atoms with Crippen LogP contribution in [0.2, 0.25) is 0 Å². The van der Waals surface area contributed by atoms with Crippen LogP contribution in [-0.2, 0) is 11.2 Å². The van der Waals surface area contributed by atoms with E-state index in [-0.39, 0.29) is 25.0 Å². The summed E-state index contributed by atoms with van der Waals surface area (Å²) in [5.41, 5.74) is 2.35. The molecule has 1 heterocycles. The second kappa shape index (κ2) is 7.75. The molecule has 0 aliphatic heterocycles. The fraction of sp³-hybridized carbons (Fsp3) is 0.263. The molecule has 0 fully saturated rings. The zero-order chi connectivity index (χ0) is 16.8. The van der Waals surface area contributed by atoms with E-state index in [9.17, 15) is 4.79 Å². The van der Waals surface area contributed by atoms with Gasteiger partial charge in [0, 0.05) is 12.0 Å². The van der Waals surface area contributed by atoms with Crippen LogP contribution in [0.4, 0.5) is 0 Å². The van der Waals surface area contributed by atoms with Gasteiger partial charge in [0.25, 0.3) is 0 Å². The Bertz CT molecular complexity index is 798. The third-order valence-electron chi connectivity index (χ3n) is 3.97. The van der Waals surface area contributed by atoms with Crippen LogP contribution >= 0.6 is 0 Å². The fourth-order valence-electron chi connectivity index (χ4n) is 2.77. The molecule has 2 N–H and O–H groups in total. The lowest BCUT2D eigenvalue weighted by molar-refractivity contribution is -0.121. The Hall–Kier alpha value is -2.66. The Kier molecular flexibility index (Phi) is 5.23. The number of hydrogen-bond donors (Lipinski definition) is 2. The van der Waals surface area contributed by atoms with E-state index < -0.39 is 0 Å². The van der Waals surface area contributed by atoms with Crippen LogP contribution < -0.4 is 5.32 Å². The van der Waals surface area contributed by atoms with Gasteiger partial charge in [-0.2, -0.15) is 0 Å². The number of aromatic nitrogens is 1. The number of carbonyl (C=O) groups excluding carboxylic acids is 1. The molecule has 24 heavy (non-hydrogen) atoms. The minimum atomic E-state index is -0.121. The maximum absolute atomic E-state index is 12.4. The highest BCUT2D eigenvalue weighted by molar-refractivity contribution is 5.86. The maximum Gasteiger partial charge on any atom is 0.226 e. The largest absolute Gasteiger partial charge is 0.396 e. The van der Waals surface area contributed by atoms with Gasteiger partial charge in [0.1, 0.15) is 5.69 Å². The summed E-state index contributed by atoms with van der Waals surface area (Å²) in [5.74, 6) is -0.110. The molecule has 2 aromatic carbocycles. The van der Waals surface area contributed by atoms with Crippen LogP contribution in [0.5, 0.6) is 0 Å². The lowest BCUT2D eigenvalue weighted by Crippen LogP contribution is -2.30. The van der Waals surface area contributed by atoms with E-state index in [1.807, 2.05) is 54.6 Å². The molecule has 5 heteroatoms. The number of nitrogens with one attached hydrogen (secondary N) is 1. The molecule has 1 atom stereocenters. The molecular weight excluding hydrogens is 304 g/mol. The number of rotatable bonds is 7. The van der Waals surface area contributed by atoms with Crippen molar-refractivity contribution >= 4 is 16.9 Å². The Balaban J connectivity index is 1.71. The quantitative estimate of drug-likeness (QED) is 0.700. The molecule has 1 unspecified atom stereocenters. The highest BCUT2D eigenvalue weighted by atomic mass is 16.5. The number of amides is 1. The molecular formula is C19H20N2O3. The predicted octanol–water partition coefficient (Wildman–Crippen LogP) is 3.00. The average Bonchev–Trinajstić information content (AvgIpc) is 3.02. The second-order valence-electron chi connectivity index (χ2n) is 5.70. The van der Waals surface area contributed by atoms with E-state index in [2.05, 4.69) is 10.5 Å². The molecule has 0 saturated carbocycles. The van der Waals surface area contributed by atoms with Crippen molar-refractivity contribution in [3.63, 3.8) is 0 Å². The summed E-state index contributed by atoms with van der Waals surface area (Å²) < 4.78 is 5.24. The molecule has 0 spiro atoms. The summed E-state index contributed by atoms with van der Waals surface area (Å²) in [7, 11) is 0. The number of hydrogen-bond acceptors (Lipinski definition) is 4. The van der Waals surface area contributed by atoms with Gasteiger partial charge in [0.15, 0.2) is 5.58 Å². The van der Waals surface area contributed by atoms with E-state index in [1.54, 1.807) is 0 Å². The van der Waals surface area contributed by atoms with Gasteiger partial charge in [-0.1, -0.05) is 47.6 Å². The normalized spacial score (nSPS) is 12.2. The standard InChI is InChI=1S/C19H20N2O3/c22-12-6-10-16(14-7-2-1-3-8-14)20-19(23)13-17-15-9-4-5-11-18(15)24-21-17/h1-5,7-9,11,16,22H,6,10,12-13H2,(H,20,23). The SMILES string of the molecule is O=C(Cc1noc2ccccc12)NC(CCCO)c1ccccc1. The van der Waals surface area contributed by atoms with E-state index in [0.717, 1.165) is 10.9 Å². The van der Waals surface area contributed by atoms with Crippen molar-refractivity contribution in [2.45, 2.75) is 25.3 Å². The van der Waals surface area contributed by atoms with Crippen LogP contribution in [0.15, 0.2) is 59.1 Å². The van der Waals surface area contributed by atoms with Gasteiger partial charge >= 0.3 is 0 Å². The van der Waals surface area contributed by atoms with Crippen molar-refractivity contribution in [2.75, 3.05) is 6.61 Å². The number of carbonyl (C=O) groups is 1. The molecule has 1 amide bonds. The molecule has 124 valence electrons. The number of fused-ring (bicyclic) bond motifs is 1. The van der Waals surface area contributed by atoms with Gasteiger partial charge in [0.05, 0.1) is 12.5 Å². The van der Waals surface area contributed by atoms with Gasteiger partial charge < -0.3 is 14.9 Å². The minimum absolute atomic E-state index is 0.104. The first kappa shape index (κ1) is 16.2. The average molecular weight is 324 g/mol. The van der Waals surface area contributed by atoms with Crippen molar-refractivity contribution in [2.24, 2.45) is 0 Å². The predicted molar refractivity (Wildman–Crippen MR) is 91.4 cm³/mol. The van der Waals surface area contributed by atoms with E-state index in [4.69, 9.17) is 9.63 Å². The summed E-state index contributed by atoms with van der Waals surface area (Å²) in [5, 5.41) is 17.0. The second-order valence-corrected chi connectivity index (χ2v) is 5.70. The third kappa shape index (κ3) is 3.81. The first-order valence-corrected chi connectivity index (χ1v) is 8.06. The first-order chi connectivity index (χ1) is 11.8. The van der Waals surface area contributed by atoms with Crippen molar-refractivity contribution in [3.8, 4) is 0 Å². The maximum atomic E-state index is 12.4. The van der Waals surface area contributed by atoms with E-state index >= 15 is 0 Å². The summed E-state index contributed by atoms with van der Waals surface area (Å²) in [4.78, 5) is 12.4. The zero-order valence-electron chi connectivity index (χ0n) is 13.3. The van der Waals surface area contributed by atoms with Crippen LogP contribution in [0.1, 0.15) is 30.1 Å². The molecule has 1 aromatic heterocycles. The van der Waals surface area contributed by atoms with Crippen LogP contribution in [0.3, 0.4) is 0 Å². The monoisotopic (exact) mass is 324 g/mol. The van der Waals surface area contributed by atoms with Crippen molar-refractivity contribution in [1.29, 1.82) is 0 Å². The van der Waals surface area contributed by atoms with Crippen LogP contribution in [0, 0.1) is 0 Å². The van der Waals surface area contributed by atoms with E-state index in [0.29, 0.717) is 24.1 Å². The molecule has 0 saturated heterocycles. The lowest BCUT2D eigenvalue weighted by Gasteiger charge is -2.18. The number of nitrogens with zero attached hydrogens (tertiary/aromatic N) is 1. The lowest BCUT2D eigenvalue weighted by atomic mass is 10.0. The third-order valence-corrected chi connectivity index (χ3v) is 3.97. The topological polar surface area (TPSA) is 75.4 Å². The highest BCUT2D eigenvalue weighted by Crippen LogP contribution is 2.20. The molecule has 3 rings (SSSR count). The number of benzene rings is 2. The first-order valence-electron chi connectivity index (χ1n) is 8.06.